The van der Waals surface area contributed by atoms with Gasteiger partial charge < -0.3 is 11.1 Å². The fraction of sp³-hybridized carbons (Fsp3) is 0.500. The van der Waals surface area contributed by atoms with Crippen LogP contribution < -0.4 is 11.1 Å². The van der Waals surface area contributed by atoms with Gasteiger partial charge in [0, 0.05) is 12.2 Å². The van der Waals surface area contributed by atoms with E-state index in [1.807, 2.05) is 0 Å². The van der Waals surface area contributed by atoms with Gasteiger partial charge in [-0.15, -0.1) is 0 Å². The van der Waals surface area contributed by atoms with Crippen molar-refractivity contribution in [2.24, 2.45) is 5.73 Å². The average molecular weight is 233 g/mol. The lowest BCUT2D eigenvalue weighted by atomic mass is 10.1. The van der Waals surface area contributed by atoms with E-state index < -0.39 is 12.7 Å². The molecule has 0 saturated heterocycles. The minimum atomic E-state index is -4.24. The zero-order chi connectivity index (χ0) is 12.3. The number of hydrogen-bond acceptors (Lipinski definition) is 3. The Morgan fingerprint density at radius 2 is 2.12 bits per heavy atom. The third kappa shape index (κ3) is 3.69. The van der Waals surface area contributed by atoms with E-state index in [0.717, 1.165) is 5.56 Å². The highest BCUT2D eigenvalue weighted by molar-refractivity contribution is 5.45. The summed E-state index contributed by atoms with van der Waals surface area (Å²) in [4.78, 5) is 3.91. The Morgan fingerprint density at radius 3 is 2.56 bits per heavy atom. The summed E-state index contributed by atoms with van der Waals surface area (Å²) in [5.74, 6) is 0.238. The van der Waals surface area contributed by atoms with Gasteiger partial charge in [0.25, 0.3) is 0 Å². The number of aromatic nitrogens is 1. The lowest BCUT2D eigenvalue weighted by molar-refractivity contribution is -0.115. The molecule has 0 aliphatic rings. The van der Waals surface area contributed by atoms with Gasteiger partial charge in [-0.25, -0.2) is 4.98 Å². The number of rotatable bonds is 3. The molecular weight excluding hydrogens is 219 g/mol. The molecule has 1 aromatic heterocycles. The highest BCUT2D eigenvalue weighted by Crippen LogP contribution is 2.19. The number of anilines is 1. The molecule has 0 fully saturated rings. The summed E-state index contributed by atoms with van der Waals surface area (Å²) < 4.78 is 35.9. The Kier molecular flexibility index (Phi) is 3.74. The van der Waals surface area contributed by atoms with Crippen LogP contribution in [0.1, 0.15) is 24.1 Å². The molecule has 0 aliphatic heterocycles. The van der Waals surface area contributed by atoms with Crippen LogP contribution >= 0.6 is 0 Å². The maximum absolute atomic E-state index is 12.0. The van der Waals surface area contributed by atoms with Gasteiger partial charge in [-0.05, 0) is 31.0 Å². The number of aryl methyl sites for hydroxylation is 1. The minimum absolute atomic E-state index is 0.178. The SMILES string of the molecule is Cc1cc(C(C)N)cnc1NCC(F)(F)F. The van der Waals surface area contributed by atoms with E-state index in [4.69, 9.17) is 5.73 Å². The van der Waals surface area contributed by atoms with Crippen molar-refractivity contribution in [1.29, 1.82) is 0 Å². The Morgan fingerprint density at radius 1 is 1.50 bits per heavy atom. The molecule has 90 valence electrons. The molecule has 3 nitrogen and oxygen atoms in total. The van der Waals surface area contributed by atoms with Crippen molar-refractivity contribution >= 4 is 5.82 Å². The van der Waals surface area contributed by atoms with Crippen LogP contribution in [0.2, 0.25) is 0 Å². The maximum atomic E-state index is 12.0. The predicted molar refractivity (Wildman–Crippen MR) is 56.1 cm³/mol. The molecule has 1 unspecified atom stereocenters. The summed E-state index contributed by atoms with van der Waals surface area (Å²) in [5, 5.41) is 2.24. The molecule has 16 heavy (non-hydrogen) atoms. The fourth-order valence-electron chi connectivity index (χ4n) is 1.21. The van der Waals surface area contributed by atoms with Crippen LogP contribution in [0.15, 0.2) is 12.3 Å². The number of halogens is 3. The van der Waals surface area contributed by atoms with Gasteiger partial charge in [-0.2, -0.15) is 13.2 Å². The van der Waals surface area contributed by atoms with Gasteiger partial charge in [0.1, 0.15) is 12.4 Å². The Hall–Kier alpha value is -1.30. The maximum Gasteiger partial charge on any atom is 0.405 e. The highest BCUT2D eigenvalue weighted by atomic mass is 19.4. The monoisotopic (exact) mass is 233 g/mol. The normalized spacial score (nSPS) is 13.6. The quantitative estimate of drug-likeness (QED) is 0.842. The minimum Gasteiger partial charge on any atom is -0.361 e. The summed E-state index contributed by atoms with van der Waals surface area (Å²) in [6, 6.07) is 1.55. The molecular formula is C10H14F3N3. The van der Waals surface area contributed by atoms with Crippen LogP contribution in [0, 0.1) is 6.92 Å². The van der Waals surface area contributed by atoms with Gasteiger partial charge >= 0.3 is 6.18 Å². The lowest BCUT2D eigenvalue weighted by Gasteiger charge is -2.13. The first kappa shape index (κ1) is 12.8. The third-order valence-electron chi connectivity index (χ3n) is 2.08. The number of nitrogens with two attached hydrogens (primary N) is 1. The second kappa shape index (κ2) is 4.69. The zero-order valence-electron chi connectivity index (χ0n) is 9.10. The van der Waals surface area contributed by atoms with Gasteiger partial charge in [0.15, 0.2) is 0 Å². The largest absolute Gasteiger partial charge is 0.405 e. The van der Waals surface area contributed by atoms with E-state index in [-0.39, 0.29) is 11.9 Å². The summed E-state index contributed by atoms with van der Waals surface area (Å²) >= 11 is 0. The van der Waals surface area contributed by atoms with Crippen LogP contribution in [0.4, 0.5) is 19.0 Å². The van der Waals surface area contributed by atoms with Crippen LogP contribution in [-0.4, -0.2) is 17.7 Å². The second-order valence-corrected chi connectivity index (χ2v) is 3.69. The molecule has 0 spiro atoms. The molecule has 0 aromatic carbocycles. The van der Waals surface area contributed by atoms with Crippen LogP contribution in [0.5, 0.6) is 0 Å². The summed E-state index contributed by atoms with van der Waals surface area (Å²) in [5.41, 5.74) is 7.09. The van der Waals surface area contributed by atoms with Crippen molar-refractivity contribution < 1.29 is 13.2 Å². The van der Waals surface area contributed by atoms with Gasteiger partial charge in [0.05, 0.1) is 0 Å². The van der Waals surface area contributed by atoms with Crippen LogP contribution in [-0.2, 0) is 0 Å². The smallest absolute Gasteiger partial charge is 0.361 e. The van der Waals surface area contributed by atoms with Crippen molar-refractivity contribution in [3.63, 3.8) is 0 Å². The van der Waals surface area contributed by atoms with Crippen LogP contribution in [0.25, 0.3) is 0 Å². The number of pyridine rings is 1. The van der Waals surface area contributed by atoms with Gasteiger partial charge in [-0.1, -0.05) is 0 Å². The van der Waals surface area contributed by atoms with E-state index >= 15 is 0 Å². The summed E-state index contributed by atoms with van der Waals surface area (Å²) in [7, 11) is 0. The van der Waals surface area contributed by atoms with Crippen molar-refractivity contribution in [2.75, 3.05) is 11.9 Å². The number of nitrogens with one attached hydrogen (secondary N) is 1. The molecule has 0 bridgehead atoms. The first-order chi connectivity index (χ1) is 7.29. The zero-order valence-corrected chi connectivity index (χ0v) is 9.10. The molecule has 0 amide bonds. The first-order valence-corrected chi connectivity index (χ1v) is 4.82. The Balaban J connectivity index is 2.76. The molecule has 6 heteroatoms. The highest BCUT2D eigenvalue weighted by Gasteiger charge is 2.27. The van der Waals surface area contributed by atoms with E-state index in [0.29, 0.717) is 5.56 Å². The second-order valence-electron chi connectivity index (χ2n) is 3.69. The molecule has 1 heterocycles. The average Bonchev–Trinajstić information content (AvgIpc) is 2.14. The van der Waals surface area contributed by atoms with Crippen molar-refractivity contribution in [1.82, 2.24) is 4.98 Å². The van der Waals surface area contributed by atoms with E-state index in [9.17, 15) is 13.2 Å². The molecule has 0 radical (unpaired) electrons. The topological polar surface area (TPSA) is 50.9 Å². The Labute approximate surface area is 91.9 Å². The van der Waals surface area contributed by atoms with Gasteiger partial charge in [0.2, 0.25) is 0 Å². The molecule has 1 atom stereocenters. The summed E-state index contributed by atoms with van der Waals surface area (Å²) in [6.45, 7) is 2.40. The third-order valence-corrected chi connectivity index (χ3v) is 2.08. The van der Waals surface area contributed by atoms with Crippen molar-refractivity contribution in [3.05, 3.63) is 23.4 Å². The number of alkyl halides is 3. The Bertz CT molecular complexity index is 361. The fourth-order valence-corrected chi connectivity index (χ4v) is 1.21. The van der Waals surface area contributed by atoms with E-state index in [1.54, 1.807) is 19.9 Å². The van der Waals surface area contributed by atoms with Crippen LogP contribution in [0.3, 0.4) is 0 Å². The first-order valence-electron chi connectivity index (χ1n) is 4.82. The molecule has 1 rings (SSSR count). The molecule has 0 saturated carbocycles. The molecule has 0 aliphatic carbocycles. The molecule has 1 aromatic rings. The standard InChI is InChI=1S/C10H14F3N3/c1-6-3-8(7(2)14)4-15-9(6)16-5-10(11,12)13/h3-4,7H,5,14H2,1-2H3,(H,15,16). The number of nitrogens with zero attached hydrogens (tertiary/aromatic N) is 1. The van der Waals surface area contributed by atoms with E-state index in [1.165, 1.54) is 6.20 Å². The van der Waals surface area contributed by atoms with Crippen molar-refractivity contribution in [2.45, 2.75) is 26.1 Å². The molecule has 3 N–H and O–H groups in total. The summed E-state index contributed by atoms with van der Waals surface area (Å²) in [6.07, 6.45) is -2.76. The lowest BCUT2D eigenvalue weighted by Crippen LogP contribution is -2.22. The predicted octanol–water partition coefficient (Wildman–Crippen LogP) is 2.38. The number of hydrogen-bond donors (Lipinski definition) is 2. The van der Waals surface area contributed by atoms with Crippen molar-refractivity contribution in [3.8, 4) is 0 Å². The van der Waals surface area contributed by atoms with Gasteiger partial charge in [-0.3, -0.25) is 0 Å². The van der Waals surface area contributed by atoms with E-state index in [2.05, 4.69) is 10.3 Å².